The average molecular weight is 381 g/mol. The average Bonchev–Trinajstić information content (AvgIpc) is 3.15. The zero-order valence-corrected chi connectivity index (χ0v) is 15.0. The van der Waals surface area contributed by atoms with Gasteiger partial charge in [0, 0.05) is 0 Å². The predicted molar refractivity (Wildman–Crippen MR) is 81.4 cm³/mol. The SMILES string of the molecule is Cc1ccn([C](n2ccc(C)n2)(n2ccc(C)n2)[Mn]([Cl])[Cl])n1. The monoisotopic (exact) mass is 380 g/mol. The van der Waals surface area contributed by atoms with Crippen LogP contribution in [0.4, 0.5) is 0 Å². The van der Waals surface area contributed by atoms with E-state index in [0.717, 1.165) is 17.1 Å². The molecule has 9 heteroatoms. The second kappa shape index (κ2) is 5.74. The van der Waals surface area contributed by atoms with Gasteiger partial charge in [-0.1, -0.05) is 0 Å². The van der Waals surface area contributed by atoms with Crippen LogP contribution >= 0.6 is 20.2 Å². The maximum atomic E-state index is 6.52. The Morgan fingerprint density at radius 3 is 1.27 bits per heavy atom. The fourth-order valence-electron chi connectivity index (χ4n) is 2.23. The van der Waals surface area contributed by atoms with Gasteiger partial charge in [-0.15, -0.1) is 0 Å². The van der Waals surface area contributed by atoms with E-state index in [1.54, 1.807) is 14.0 Å². The predicted octanol–water partition coefficient (Wildman–Crippen LogP) is 2.79. The first kappa shape index (κ1) is 15.6. The zero-order valence-electron chi connectivity index (χ0n) is 12.3. The molecule has 3 heterocycles. The quantitative estimate of drug-likeness (QED) is 0.654. The second-order valence-electron chi connectivity index (χ2n) is 4.96. The zero-order chi connectivity index (χ0) is 15.9. The van der Waals surface area contributed by atoms with Crippen LogP contribution in [0.1, 0.15) is 17.1 Å². The summed E-state index contributed by atoms with van der Waals surface area (Å²) in [6, 6.07) is 5.71. The Balaban J connectivity index is 2.32. The van der Waals surface area contributed by atoms with Crippen LogP contribution in [0.5, 0.6) is 0 Å². The van der Waals surface area contributed by atoms with Crippen molar-refractivity contribution in [2.45, 2.75) is 25.5 Å². The molecule has 3 aromatic rings. The third kappa shape index (κ3) is 2.38. The molecular formula is C13H15Cl2MnN6. The van der Waals surface area contributed by atoms with E-state index in [1.807, 2.05) is 57.6 Å². The minimum absolute atomic E-state index is 0.870. The van der Waals surface area contributed by atoms with Gasteiger partial charge in [-0.05, 0) is 0 Å². The summed E-state index contributed by atoms with van der Waals surface area (Å²) in [5, 5.41) is 13.6. The normalized spacial score (nSPS) is 12.7. The number of hydrogen-bond donors (Lipinski definition) is 0. The van der Waals surface area contributed by atoms with Crippen molar-refractivity contribution in [3.63, 3.8) is 0 Å². The molecule has 6 nitrogen and oxygen atoms in total. The molecule has 0 unspecified atom stereocenters. The van der Waals surface area contributed by atoms with Crippen molar-refractivity contribution in [1.82, 2.24) is 29.3 Å². The molecule has 0 aliphatic heterocycles. The van der Waals surface area contributed by atoms with Crippen LogP contribution in [0.2, 0.25) is 0 Å². The van der Waals surface area contributed by atoms with Crippen molar-refractivity contribution in [3.05, 3.63) is 53.9 Å². The van der Waals surface area contributed by atoms with Crippen molar-refractivity contribution in [3.8, 4) is 0 Å². The van der Waals surface area contributed by atoms with Crippen molar-refractivity contribution >= 4 is 20.2 Å². The molecular weight excluding hydrogens is 366 g/mol. The summed E-state index contributed by atoms with van der Waals surface area (Å²) in [6.07, 6.45) is 5.54. The molecule has 0 spiro atoms. The van der Waals surface area contributed by atoms with Gasteiger partial charge in [-0.25, -0.2) is 0 Å². The maximum absolute atomic E-state index is 6.52. The third-order valence-electron chi connectivity index (χ3n) is 3.23. The van der Waals surface area contributed by atoms with Crippen molar-refractivity contribution in [1.29, 1.82) is 0 Å². The van der Waals surface area contributed by atoms with Crippen LogP contribution in [-0.4, -0.2) is 29.3 Å². The molecule has 0 bridgehead atoms. The van der Waals surface area contributed by atoms with E-state index in [2.05, 4.69) is 15.3 Å². The van der Waals surface area contributed by atoms with E-state index in [1.165, 1.54) is 0 Å². The van der Waals surface area contributed by atoms with Crippen molar-refractivity contribution in [2.24, 2.45) is 0 Å². The Labute approximate surface area is 141 Å². The third-order valence-corrected chi connectivity index (χ3v) is 6.22. The first-order chi connectivity index (χ1) is 10.4. The van der Waals surface area contributed by atoms with Gasteiger partial charge in [0.1, 0.15) is 0 Å². The number of rotatable bonds is 4. The summed E-state index contributed by atoms with van der Waals surface area (Å²) in [5.41, 5.74) is 2.61. The van der Waals surface area contributed by atoms with Gasteiger partial charge in [0.15, 0.2) is 0 Å². The van der Waals surface area contributed by atoms with Crippen LogP contribution < -0.4 is 0 Å². The number of hydrogen-bond acceptors (Lipinski definition) is 3. The molecule has 0 aromatic carbocycles. The van der Waals surface area contributed by atoms with Gasteiger partial charge in [0.25, 0.3) is 0 Å². The molecule has 0 N–H and O–H groups in total. The van der Waals surface area contributed by atoms with E-state index < -0.39 is 16.8 Å². The van der Waals surface area contributed by atoms with Gasteiger partial charge in [-0.3, -0.25) is 0 Å². The first-order valence-electron chi connectivity index (χ1n) is 6.56. The van der Waals surface area contributed by atoms with Crippen LogP contribution in [0.3, 0.4) is 0 Å². The second-order valence-corrected chi connectivity index (χ2v) is 9.32. The molecule has 0 radical (unpaired) electrons. The van der Waals surface area contributed by atoms with Crippen LogP contribution in [0.25, 0.3) is 0 Å². The molecule has 22 heavy (non-hydrogen) atoms. The van der Waals surface area contributed by atoms with E-state index in [-0.39, 0.29) is 0 Å². The Kier molecular flexibility index (Phi) is 4.07. The van der Waals surface area contributed by atoms with E-state index in [0.29, 0.717) is 0 Å². The van der Waals surface area contributed by atoms with Crippen molar-refractivity contribution in [2.75, 3.05) is 0 Å². The molecule has 0 saturated carbocycles. The number of aromatic nitrogens is 6. The van der Waals surface area contributed by atoms with Crippen molar-refractivity contribution < 1.29 is 12.1 Å². The summed E-state index contributed by atoms with van der Waals surface area (Å²) >= 11 is -2.03. The summed E-state index contributed by atoms with van der Waals surface area (Å²) in [7, 11) is 13.0. The van der Waals surface area contributed by atoms with E-state index in [4.69, 9.17) is 20.2 Å². The standard InChI is InChI=1S/C13H15N6.2ClH.Mn/c1-10-4-7-17(14-10)13(18-8-5-11(2)15-18)19-9-6-12(3)16-19;;;/h4-9H,1-3H3;2*1H;/q;;;+2/p-2. The van der Waals surface area contributed by atoms with Crippen LogP contribution in [-0.2, 0) is 16.8 Å². The molecule has 0 saturated heterocycles. The van der Waals surface area contributed by atoms with Gasteiger partial charge in [0.2, 0.25) is 0 Å². The Bertz CT molecular complexity index is 691. The molecule has 0 atom stereocenters. The molecule has 118 valence electrons. The van der Waals surface area contributed by atoms with Gasteiger partial charge in [-0.2, -0.15) is 0 Å². The van der Waals surface area contributed by atoms with Gasteiger partial charge < -0.3 is 0 Å². The molecule has 3 aromatic heterocycles. The van der Waals surface area contributed by atoms with Gasteiger partial charge >= 0.3 is 141 Å². The Morgan fingerprint density at radius 1 is 0.773 bits per heavy atom. The van der Waals surface area contributed by atoms with E-state index in [9.17, 15) is 0 Å². The first-order valence-corrected chi connectivity index (χ1v) is 10.4. The number of halogens is 2. The summed E-state index contributed by atoms with van der Waals surface area (Å²) < 4.78 is 4.19. The van der Waals surface area contributed by atoms with Crippen LogP contribution in [0.15, 0.2) is 36.8 Å². The van der Waals surface area contributed by atoms with Crippen LogP contribution in [0, 0.1) is 20.8 Å². The summed E-state index contributed by atoms with van der Waals surface area (Å²) in [4.78, 5) is 0. The summed E-state index contributed by atoms with van der Waals surface area (Å²) in [6.45, 7) is 5.75. The Hall–Kier alpha value is -1.27. The molecule has 0 fully saturated rings. The van der Waals surface area contributed by atoms with E-state index >= 15 is 0 Å². The summed E-state index contributed by atoms with van der Waals surface area (Å²) in [5.74, 6) is 0. The topological polar surface area (TPSA) is 53.5 Å². The molecule has 0 aliphatic rings. The Morgan fingerprint density at radius 2 is 1.09 bits per heavy atom. The van der Waals surface area contributed by atoms with Gasteiger partial charge in [0.05, 0.1) is 0 Å². The molecule has 0 aliphatic carbocycles. The molecule has 0 amide bonds. The fraction of sp³-hybridized carbons (Fsp3) is 0.308. The minimum atomic E-state index is -2.03. The number of nitrogens with zero attached hydrogens (tertiary/aromatic N) is 6. The number of aryl methyl sites for hydroxylation is 3. The molecule has 3 rings (SSSR count). The fourth-order valence-corrected chi connectivity index (χ4v) is 4.91.